The molecular weight excluding hydrogens is 284 g/mol. The molecule has 0 aromatic carbocycles. The highest BCUT2D eigenvalue weighted by atomic mass is 32.2. The third-order valence-electron chi connectivity index (χ3n) is 4.02. The summed E-state index contributed by atoms with van der Waals surface area (Å²) in [7, 11) is -3.78. The normalized spacial score (nSPS) is 28.0. The molecule has 2 N–H and O–H groups in total. The lowest BCUT2D eigenvalue weighted by atomic mass is 9.92. The number of carboxylic acid groups (broad SMARTS) is 1. The molecule has 2 aliphatic rings. The maximum absolute atomic E-state index is 12.5. The number of hydrogen-bond donors (Lipinski definition) is 2. The van der Waals surface area contributed by atoms with Crippen molar-refractivity contribution in [3.8, 4) is 0 Å². The van der Waals surface area contributed by atoms with E-state index in [1.807, 2.05) is 6.92 Å². The second-order valence-electron chi connectivity index (χ2n) is 5.71. The van der Waals surface area contributed by atoms with Gasteiger partial charge in [-0.05, 0) is 25.7 Å². The van der Waals surface area contributed by atoms with Crippen LogP contribution >= 0.6 is 0 Å². The Hall–Kier alpha value is -0.700. The van der Waals surface area contributed by atoms with Gasteiger partial charge in [0.15, 0.2) is 0 Å². The molecule has 7 nitrogen and oxygen atoms in total. The van der Waals surface area contributed by atoms with Crippen molar-refractivity contribution in [2.45, 2.75) is 50.7 Å². The lowest BCUT2D eigenvalue weighted by Crippen LogP contribution is -2.67. The van der Waals surface area contributed by atoms with Gasteiger partial charge in [-0.15, -0.1) is 0 Å². The van der Waals surface area contributed by atoms with Crippen molar-refractivity contribution < 1.29 is 23.4 Å². The van der Waals surface area contributed by atoms with Gasteiger partial charge in [-0.1, -0.05) is 13.3 Å². The van der Waals surface area contributed by atoms with Gasteiger partial charge in [0.05, 0.1) is 5.60 Å². The second kappa shape index (κ2) is 5.59. The molecule has 0 amide bonds. The lowest BCUT2D eigenvalue weighted by molar-refractivity contribution is -0.142. The summed E-state index contributed by atoms with van der Waals surface area (Å²) >= 11 is 0. The predicted molar refractivity (Wildman–Crippen MR) is 72.3 cm³/mol. The molecule has 0 saturated carbocycles. The first-order chi connectivity index (χ1) is 9.30. The zero-order valence-electron chi connectivity index (χ0n) is 11.7. The van der Waals surface area contributed by atoms with Crippen molar-refractivity contribution in [2.75, 3.05) is 19.6 Å². The molecule has 2 aliphatic heterocycles. The number of aliphatic hydroxyl groups is 1. The largest absolute Gasteiger partial charge is 0.480 e. The Bertz CT molecular complexity index is 472. The molecule has 0 aliphatic carbocycles. The van der Waals surface area contributed by atoms with Crippen LogP contribution < -0.4 is 0 Å². The molecule has 2 fully saturated rings. The number of nitrogens with zero attached hydrogens (tertiary/aromatic N) is 2. The number of β-amino-alcohol motifs (C(OH)–C–C–N with tert-alkyl or cyclic N) is 1. The van der Waals surface area contributed by atoms with Crippen molar-refractivity contribution >= 4 is 16.2 Å². The summed E-state index contributed by atoms with van der Waals surface area (Å²) in [5.41, 5.74) is -0.948. The molecule has 1 atom stereocenters. The summed E-state index contributed by atoms with van der Waals surface area (Å²) in [6.07, 6.45) is 3.09. The van der Waals surface area contributed by atoms with Crippen LogP contribution in [0, 0.1) is 0 Å². The average molecular weight is 306 g/mol. The van der Waals surface area contributed by atoms with E-state index in [-0.39, 0.29) is 19.6 Å². The van der Waals surface area contributed by atoms with E-state index in [0.717, 1.165) is 17.1 Å². The molecule has 2 rings (SSSR count). The van der Waals surface area contributed by atoms with Crippen LogP contribution in [-0.4, -0.2) is 64.5 Å². The van der Waals surface area contributed by atoms with E-state index in [9.17, 15) is 18.3 Å². The van der Waals surface area contributed by atoms with Gasteiger partial charge in [0, 0.05) is 19.6 Å². The van der Waals surface area contributed by atoms with Crippen LogP contribution in [0.25, 0.3) is 0 Å². The zero-order chi connectivity index (χ0) is 15.0. The first-order valence-electron chi connectivity index (χ1n) is 7.02. The minimum absolute atomic E-state index is 0.0615. The van der Waals surface area contributed by atoms with Gasteiger partial charge in [-0.3, -0.25) is 4.79 Å². The number of hydrogen-bond acceptors (Lipinski definition) is 4. The standard InChI is InChI=1S/C12H22N2O5S/c1-2-6-12(17)8-13(9-12)20(18,19)14-7-4-3-5-10(14)11(15)16/h10,17H,2-9H2,1H3,(H,15,16). The first-order valence-corrected chi connectivity index (χ1v) is 8.42. The molecule has 2 heterocycles. The summed E-state index contributed by atoms with van der Waals surface area (Å²) in [6, 6.07) is -0.978. The minimum atomic E-state index is -3.78. The molecule has 1 unspecified atom stereocenters. The third-order valence-corrected chi connectivity index (χ3v) is 5.96. The van der Waals surface area contributed by atoms with Gasteiger partial charge in [0.1, 0.15) is 6.04 Å². The number of piperidine rings is 1. The van der Waals surface area contributed by atoms with E-state index in [2.05, 4.69) is 0 Å². The van der Waals surface area contributed by atoms with E-state index in [1.54, 1.807) is 0 Å². The monoisotopic (exact) mass is 306 g/mol. The van der Waals surface area contributed by atoms with Gasteiger partial charge in [0.25, 0.3) is 10.2 Å². The van der Waals surface area contributed by atoms with Crippen LogP contribution in [0.4, 0.5) is 0 Å². The number of aliphatic carboxylic acids is 1. The van der Waals surface area contributed by atoms with Crippen LogP contribution in [0.5, 0.6) is 0 Å². The molecule has 0 bridgehead atoms. The number of rotatable bonds is 5. The van der Waals surface area contributed by atoms with Crippen molar-refractivity contribution in [1.29, 1.82) is 0 Å². The smallest absolute Gasteiger partial charge is 0.322 e. The average Bonchev–Trinajstić information content (AvgIpc) is 2.36. The van der Waals surface area contributed by atoms with Crippen LogP contribution in [0.1, 0.15) is 39.0 Å². The maximum Gasteiger partial charge on any atom is 0.322 e. The summed E-state index contributed by atoms with van der Waals surface area (Å²) in [5.74, 6) is -1.10. The molecule has 2 saturated heterocycles. The third kappa shape index (κ3) is 2.83. The molecule has 0 aromatic rings. The van der Waals surface area contributed by atoms with Crippen molar-refractivity contribution in [1.82, 2.24) is 8.61 Å². The Kier molecular flexibility index (Phi) is 4.38. The predicted octanol–water partition coefficient (Wildman–Crippen LogP) is 0.0171. The SMILES string of the molecule is CCCC1(O)CN(S(=O)(=O)N2CCCCC2C(=O)O)C1. The lowest BCUT2D eigenvalue weighted by Gasteiger charge is -2.48. The molecule has 8 heteroatoms. The fraction of sp³-hybridized carbons (Fsp3) is 0.917. The fourth-order valence-electron chi connectivity index (χ4n) is 2.97. The van der Waals surface area contributed by atoms with Gasteiger partial charge in [0.2, 0.25) is 0 Å². The summed E-state index contributed by atoms with van der Waals surface area (Å²) in [5, 5.41) is 19.2. The van der Waals surface area contributed by atoms with Crippen molar-refractivity contribution in [3.05, 3.63) is 0 Å². The van der Waals surface area contributed by atoms with E-state index in [1.165, 1.54) is 4.31 Å². The Balaban J connectivity index is 2.09. The maximum atomic E-state index is 12.5. The molecule has 0 radical (unpaired) electrons. The molecular formula is C12H22N2O5S. The van der Waals surface area contributed by atoms with Gasteiger partial charge in [-0.2, -0.15) is 17.0 Å². The van der Waals surface area contributed by atoms with Crippen LogP contribution in [0.3, 0.4) is 0 Å². The summed E-state index contributed by atoms with van der Waals surface area (Å²) in [6.45, 7) is 2.29. The van der Waals surface area contributed by atoms with Crippen LogP contribution in [-0.2, 0) is 15.0 Å². The second-order valence-corrected chi connectivity index (χ2v) is 7.59. The first kappa shape index (κ1) is 15.7. The Morgan fingerprint density at radius 2 is 2.00 bits per heavy atom. The molecule has 116 valence electrons. The van der Waals surface area contributed by atoms with E-state index in [4.69, 9.17) is 5.11 Å². The van der Waals surface area contributed by atoms with Crippen LogP contribution in [0.2, 0.25) is 0 Å². The zero-order valence-corrected chi connectivity index (χ0v) is 12.5. The fourth-order valence-corrected chi connectivity index (χ4v) is 4.95. The highest BCUT2D eigenvalue weighted by Crippen LogP contribution is 2.32. The van der Waals surface area contributed by atoms with Gasteiger partial charge >= 0.3 is 5.97 Å². The Labute approximate surface area is 119 Å². The van der Waals surface area contributed by atoms with E-state index >= 15 is 0 Å². The minimum Gasteiger partial charge on any atom is -0.480 e. The quantitative estimate of drug-likeness (QED) is 0.746. The Morgan fingerprint density at radius 3 is 2.55 bits per heavy atom. The molecule has 0 aromatic heterocycles. The van der Waals surface area contributed by atoms with E-state index < -0.39 is 27.8 Å². The molecule has 20 heavy (non-hydrogen) atoms. The summed E-state index contributed by atoms with van der Waals surface area (Å²) in [4.78, 5) is 11.2. The highest BCUT2D eigenvalue weighted by Gasteiger charge is 2.50. The summed E-state index contributed by atoms with van der Waals surface area (Å²) < 4.78 is 27.2. The van der Waals surface area contributed by atoms with Crippen LogP contribution in [0.15, 0.2) is 0 Å². The van der Waals surface area contributed by atoms with Crippen molar-refractivity contribution in [3.63, 3.8) is 0 Å². The number of carboxylic acids is 1. The topological polar surface area (TPSA) is 98.2 Å². The Morgan fingerprint density at radius 1 is 1.35 bits per heavy atom. The van der Waals surface area contributed by atoms with E-state index in [0.29, 0.717) is 19.3 Å². The van der Waals surface area contributed by atoms with Crippen molar-refractivity contribution in [2.24, 2.45) is 0 Å². The number of carbonyl (C=O) groups is 1. The molecule has 0 spiro atoms. The highest BCUT2D eigenvalue weighted by molar-refractivity contribution is 7.86. The van der Waals surface area contributed by atoms with Gasteiger partial charge < -0.3 is 10.2 Å². The van der Waals surface area contributed by atoms with Gasteiger partial charge in [-0.25, -0.2) is 0 Å².